The molecule has 2 aromatic rings. The van der Waals surface area contributed by atoms with Gasteiger partial charge < -0.3 is 24.8 Å². The number of halogens is 1. The van der Waals surface area contributed by atoms with Crippen molar-refractivity contribution in [3.05, 3.63) is 58.9 Å². The third kappa shape index (κ3) is 7.76. The van der Waals surface area contributed by atoms with Gasteiger partial charge in [-0.05, 0) is 73.8 Å². The van der Waals surface area contributed by atoms with Gasteiger partial charge in [0.1, 0.15) is 18.5 Å². The van der Waals surface area contributed by atoms with Crippen LogP contribution in [0.3, 0.4) is 0 Å². The number of aryl methyl sites for hydroxylation is 1. The Morgan fingerprint density at radius 2 is 1.75 bits per heavy atom. The molecule has 0 saturated carbocycles. The Balaban J connectivity index is 1.51. The second-order valence-electron chi connectivity index (χ2n) is 8.69. The molecule has 32 heavy (non-hydrogen) atoms. The molecule has 0 bridgehead atoms. The minimum absolute atomic E-state index is 0.221. The number of rotatable bonds is 10. The van der Waals surface area contributed by atoms with Crippen LogP contribution in [0.15, 0.2) is 36.4 Å². The summed E-state index contributed by atoms with van der Waals surface area (Å²) in [5.41, 5.74) is 3.04. The predicted molar refractivity (Wildman–Crippen MR) is 126 cm³/mol. The van der Waals surface area contributed by atoms with E-state index in [0.717, 1.165) is 29.8 Å². The maximum atomic E-state index is 13.5. The fourth-order valence-corrected chi connectivity index (χ4v) is 4.15. The number of methoxy groups -OCH3 is 1. The molecule has 3 rings (SSSR count). The monoisotopic (exact) mass is 444 g/mol. The molecule has 2 N–H and O–H groups in total. The molecule has 1 aliphatic rings. The van der Waals surface area contributed by atoms with Crippen molar-refractivity contribution in [3.8, 4) is 11.5 Å². The first-order valence-electron chi connectivity index (χ1n) is 11.7. The van der Waals surface area contributed by atoms with E-state index >= 15 is 0 Å². The number of ether oxygens (including phenoxy) is 2. The van der Waals surface area contributed by atoms with E-state index in [1.807, 2.05) is 25.1 Å². The first-order valence-corrected chi connectivity index (χ1v) is 11.7. The normalized spacial score (nSPS) is 16.2. The third-order valence-corrected chi connectivity index (χ3v) is 6.03. The Morgan fingerprint density at radius 1 is 1.00 bits per heavy atom. The molecule has 0 spiro atoms. The number of benzene rings is 2. The predicted octanol–water partition coefficient (Wildman–Crippen LogP) is 4.44. The molecule has 1 atom stereocenters. The van der Waals surface area contributed by atoms with Gasteiger partial charge in [0.25, 0.3) is 0 Å². The van der Waals surface area contributed by atoms with Gasteiger partial charge in [0.15, 0.2) is 11.5 Å². The van der Waals surface area contributed by atoms with Gasteiger partial charge in [-0.2, -0.15) is 0 Å². The molecular formula is C26H37FN2O3. The van der Waals surface area contributed by atoms with Crippen LogP contribution in [-0.4, -0.2) is 49.5 Å². The maximum Gasteiger partial charge on any atom is 0.161 e. The van der Waals surface area contributed by atoms with Gasteiger partial charge in [-0.15, -0.1) is 0 Å². The molecule has 176 valence electrons. The minimum Gasteiger partial charge on any atom is -0.493 e. The molecular weight excluding hydrogens is 407 g/mol. The van der Waals surface area contributed by atoms with Crippen LogP contribution in [0.5, 0.6) is 11.5 Å². The fourth-order valence-electron chi connectivity index (χ4n) is 4.15. The van der Waals surface area contributed by atoms with Crippen LogP contribution < -0.4 is 14.8 Å². The molecule has 0 amide bonds. The molecule has 1 fully saturated rings. The van der Waals surface area contributed by atoms with Crippen LogP contribution in [0.2, 0.25) is 0 Å². The van der Waals surface area contributed by atoms with E-state index in [-0.39, 0.29) is 12.4 Å². The lowest BCUT2D eigenvalue weighted by atomic mass is 10.1. The lowest BCUT2D eigenvalue weighted by Crippen LogP contribution is -2.37. The number of aliphatic hydroxyl groups is 1. The van der Waals surface area contributed by atoms with Crippen LogP contribution in [0.1, 0.15) is 48.8 Å². The topological polar surface area (TPSA) is 54.0 Å². The molecule has 1 heterocycles. The summed E-state index contributed by atoms with van der Waals surface area (Å²) < 4.78 is 24.9. The Labute approximate surface area is 191 Å². The summed E-state index contributed by atoms with van der Waals surface area (Å²) in [5, 5.41) is 13.9. The second-order valence-corrected chi connectivity index (χ2v) is 8.69. The molecule has 2 aromatic carbocycles. The summed E-state index contributed by atoms with van der Waals surface area (Å²) in [6.07, 6.45) is 5.74. The van der Waals surface area contributed by atoms with Gasteiger partial charge in [-0.1, -0.05) is 31.4 Å². The van der Waals surface area contributed by atoms with Gasteiger partial charge in [0.2, 0.25) is 0 Å². The zero-order chi connectivity index (χ0) is 22.8. The number of hydrogen-bond acceptors (Lipinski definition) is 5. The second kappa shape index (κ2) is 12.8. The highest BCUT2D eigenvalue weighted by Gasteiger charge is 2.15. The first kappa shape index (κ1) is 24.5. The van der Waals surface area contributed by atoms with Crippen molar-refractivity contribution >= 4 is 0 Å². The zero-order valence-corrected chi connectivity index (χ0v) is 19.4. The van der Waals surface area contributed by atoms with E-state index in [9.17, 15) is 9.50 Å². The molecule has 0 radical (unpaired) electrons. The summed E-state index contributed by atoms with van der Waals surface area (Å²) in [6.45, 7) is 6.14. The average Bonchev–Trinajstić information content (AvgIpc) is 2.76. The van der Waals surface area contributed by atoms with E-state index in [1.54, 1.807) is 19.2 Å². The Kier molecular flexibility index (Phi) is 9.78. The van der Waals surface area contributed by atoms with Crippen molar-refractivity contribution in [1.82, 2.24) is 10.2 Å². The average molecular weight is 445 g/mol. The summed E-state index contributed by atoms with van der Waals surface area (Å²) in [7, 11) is 1.61. The Hall–Kier alpha value is -2.15. The minimum atomic E-state index is -0.545. The molecule has 6 heteroatoms. The number of nitrogens with zero attached hydrogens (tertiary/aromatic N) is 1. The van der Waals surface area contributed by atoms with Crippen molar-refractivity contribution in [1.29, 1.82) is 0 Å². The van der Waals surface area contributed by atoms with Crippen molar-refractivity contribution < 1.29 is 19.0 Å². The lowest BCUT2D eigenvalue weighted by molar-refractivity contribution is 0.0644. The van der Waals surface area contributed by atoms with Crippen molar-refractivity contribution in [2.24, 2.45) is 0 Å². The summed E-state index contributed by atoms with van der Waals surface area (Å²) in [4.78, 5) is 2.35. The summed E-state index contributed by atoms with van der Waals surface area (Å²) in [6, 6.07) is 10.6. The number of likely N-dealkylation sites (tertiary alicyclic amines) is 1. The smallest absolute Gasteiger partial charge is 0.161 e. The highest BCUT2D eigenvalue weighted by molar-refractivity contribution is 5.43. The van der Waals surface area contributed by atoms with Gasteiger partial charge in [0, 0.05) is 19.6 Å². The largest absolute Gasteiger partial charge is 0.493 e. The zero-order valence-electron chi connectivity index (χ0n) is 19.4. The van der Waals surface area contributed by atoms with E-state index in [0.29, 0.717) is 31.1 Å². The van der Waals surface area contributed by atoms with Crippen molar-refractivity contribution in [2.75, 3.05) is 33.4 Å². The number of nitrogens with one attached hydrogen (secondary N) is 1. The fraction of sp³-hybridized carbons (Fsp3) is 0.538. The Bertz CT molecular complexity index is 838. The summed E-state index contributed by atoms with van der Waals surface area (Å²) in [5.74, 6) is 1.05. The quantitative estimate of drug-likeness (QED) is 0.568. The molecule has 1 saturated heterocycles. The lowest BCUT2D eigenvalue weighted by Gasteiger charge is -2.26. The molecule has 5 nitrogen and oxygen atoms in total. The number of β-amino-alcohol motifs (C(OH)–C–C–N with tert-alkyl or cyclic N) is 1. The molecule has 1 aliphatic heterocycles. The first-order chi connectivity index (χ1) is 15.5. The van der Waals surface area contributed by atoms with Crippen LogP contribution in [0.25, 0.3) is 0 Å². The number of hydrogen-bond donors (Lipinski definition) is 2. The van der Waals surface area contributed by atoms with E-state index < -0.39 is 6.10 Å². The van der Waals surface area contributed by atoms with Gasteiger partial charge in [0.05, 0.1) is 7.11 Å². The van der Waals surface area contributed by atoms with Gasteiger partial charge in [-0.25, -0.2) is 4.39 Å². The Morgan fingerprint density at radius 3 is 2.50 bits per heavy atom. The van der Waals surface area contributed by atoms with Gasteiger partial charge >= 0.3 is 0 Å². The third-order valence-electron chi connectivity index (χ3n) is 6.03. The standard InChI is InChI=1S/C26H37FN2O3/c1-20-8-10-23(27)15-22(20)17-28-16-21-9-11-25(31-2)26(14-21)32-19-24(30)18-29-12-6-4-3-5-7-13-29/h8-11,14-15,24,28,30H,3-7,12-13,16-19H2,1-2H3/t24-/m1/s1. The van der Waals surface area contributed by atoms with Crippen LogP contribution in [0, 0.1) is 12.7 Å². The number of aliphatic hydroxyl groups excluding tert-OH is 1. The highest BCUT2D eigenvalue weighted by atomic mass is 19.1. The van der Waals surface area contributed by atoms with Crippen LogP contribution >= 0.6 is 0 Å². The summed E-state index contributed by atoms with van der Waals surface area (Å²) >= 11 is 0. The molecule has 0 aromatic heterocycles. The van der Waals surface area contributed by atoms with Gasteiger partial charge in [-0.3, -0.25) is 0 Å². The van der Waals surface area contributed by atoms with Crippen LogP contribution in [-0.2, 0) is 13.1 Å². The molecule has 0 unspecified atom stereocenters. The van der Waals surface area contributed by atoms with Crippen molar-refractivity contribution in [3.63, 3.8) is 0 Å². The van der Waals surface area contributed by atoms with E-state index in [4.69, 9.17) is 9.47 Å². The highest BCUT2D eigenvalue weighted by Crippen LogP contribution is 2.28. The van der Waals surface area contributed by atoms with Crippen LogP contribution in [0.4, 0.5) is 4.39 Å². The van der Waals surface area contributed by atoms with E-state index in [2.05, 4.69) is 10.2 Å². The maximum absolute atomic E-state index is 13.5. The molecule has 0 aliphatic carbocycles. The van der Waals surface area contributed by atoms with E-state index in [1.165, 1.54) is 38.2 Å². The SMILES string of the molecule is COc1ccc(CNCc2cc(F)ccc2C)cc1OC[C@H](O)CN1CCCCCCC1. The van der Waals surface area contributed by atoms with Crippen molar-refractivity contribution in [2.45, 2.75) is 58.2 Å².